The number of rotatable bonds is 7. The van der Waals surface area contributed by atoms with Crippen LogP contribution in [0.5, 0.6) is 0 Å². The lowest BCUT2D eigenvalue weighted by molar-refractivity contribution is 0.0696. The van der Waals surface area contributed by atoms with Gasteiger partial charge >= 0.3 is 5.97 Å². The minimum absolute atomic E-state index is 0.0120. The summed E-state index contributed by atoms with van der Waals surface area (Å²) in [6.07, 6.45) is 0.202. The smallest absolute Gasteiger partial charge is 0.335 e. The Kier molecular flexibility index (Phi) is 5.88. The van der Waals surface area contributed by atoms with Crippen LogP contribution in [0.4, 0.5) is 0 Å². The average Bonchev–Trinajstić information content (AvgIpc) is 2.43. The maximum atomic E-state index is 12.6. The second-order valence-corrected chi connectivity index (χ2v) is 6.96. The lowest BCUT2D eigenvalue weighted by Gasteiger charge is -2.20. The molecule has 1 unspecified atom stereocenters. The molecule has 0 heterocycles. The van der Waals surface area contributed by atoms with E-state index in [1.807, 2.05) is 6.92 Å². The fourth-order valence-electron chi connectivity index (χ4n) is 1.88. The van der Waals surface area contributed by atoms with Gasteiger partial charge in [-0.15, -0.1) is 0 Å². The van der Waals surface area contributed by atoms with Crippen molar-refractivity contribution in [2.24, 2.45) is 0 Å². The van der Waals surface area contributed by atoms with Crippen LogP contribution in [0.1, 0.15) is 36.2 Å². The van der Waals surface area contributed by atoms with Crippen molar-refractivity contribution in [3.63, 3.8) is 0 Å². The molecule has 118 valence electrons. The number of aliphatic hydroxyl groups is 1. The van der Waals surface area contributed by atoms with E-state index in [1.165, 1.54) is 25.2 Å². The number of carbonyl (C=O) groups is 1. The molecule has 0 fully saturated rings. The van der Waals surface area contributed by atoms with Crippen molar-refractivity contribution in [2.45, 2.75) is 37.7 Å². The number of aromatic carboxylic acids is 1. The predicted molar refractivity (Wildman–Crippen MR) is 78.9 cm³/mol. The lowest BCUT2D eigenvalue weighted by atomic mass is 10.1. The van der Waals surface area contributed by atoms with E-state index in [4.69, 9.17) is 5.11 Å². The summed E-state index contributed by atoms with van der Waals surface area (Å²) in [7, 11) is -2.35. The third-order valence-electron chi connectivity index (χ3n) is 3.25. The van der Waals surface area contributed by atoms with Gasteiger partial charge in [0.15, 0.2) is 0 Å². The fourth-order valence-corrected chi connectivity index (χ4v) is 3.38. The molecule has 1 aromatic rings. The molecule has 6 nitrogen and oxygen atoms in total. The van der Waals surface area contributed by atoms with E-state index < -0.39 is 22.1 Å². The maximum Gasteiger partial charge on any atom is 0.335 e. The van der Waals surface area contributed by atoms with Crippen LogP contribution >= 0.6 is 0 Å². The minimum atomic E-state index is -3.77. The van der Waals surface area contributed by atoms with Crippen LogP contribution in [0.3, 0.4) is 0 Å². The monoisotopic (exact) mass is 315 g/mol. The number of hydrogen-bond donors (Lipinski definition) is 2. The van der Waals surface area contributed by atoms with Crippen LogP contribution in [0.15, 0.2) is 23.1 Å². The van der Waals surface area contributed by atoms with E-state index >= 15 is 0 Å². The van der Waals surface area contributed by atoms with Crippen molar-refractivity contribution in [3.05, 3.63) is 29.3 Å². The molecule has 0 saturated heterocycles. The Balaban J connectivity index is 3.22. The first-order chi connectivity index (χ1) is 9.70. The first-order valence-electron chi connectivity index (χ1n) is 6.70. The highest BCUT2D eigenvalue weighted by atomic mass is 32.2. The van der Waals surface area contributed by atoms with Gasteiger partial charge in [-0.2, -0.15) is 0 Å². The molecule has 21 heavy (non-hydrogen) atoms. The highest BCUT2D eigenvalue weighted by Crippen LogP contribution is 2.22. The molecule has 0 aromatic heterocycles. The van der Waals surface area contributed by atoms with Gasteiger partial charge in [0.1, 0.15) is 0 Å². The molecule has 2 N–H and O–H groups in total. The number of hydrogen-bond acceptors (Lipinski definition) is 4. The quantitative estimate of drug-likeness (QED) is 0.791. The van der Waals surface area contributed by atoms with Gasteiger partial charge in [-0.3, -0.25) is 0 Å². The summed E-state index contributed by atoms with van der Waals surface area (Å²) in [5.74, 6) is -1.17. The maximum absolute atomic E-state index is 12.6. The van der Waals surface area contributed by atoms with E-state index in [0.717, 1.165) is 4.31 Å². The normalized spacial score (nSPS) is 13.4. The van der Waals surface area contributed by atoms with E-state index in [-0.39, 0.29) is 17.0 Å². The second-order valence-electron chi connectivity index (χ2n) is 4.95. The summed E-state index contributed by atoms with van der Waals surface area (Å²) < 4.78 is 26.2. The number of sulfonamides is 1. The van der Waals surface area contributed by atoms with E-state index in [2.05, 4.69) is 0 Å². The average molecular weight is 315 g/mol. The van der Waals surface area contributed by atoms with Gasteiger partial charge in [0.2, 0.25) is 10.0 Å². The molecular formula is C14H21NO5S. The Morgan fingerprint density at radius 1 is 1.38 bits per heavy atom. The topological polar surface area (TPSA) is 94.9 Å². The second kappa shape index (κ2) is 7.02. The van der Waals surface area contributed by atoms with Crippen molar-refractivity contribution in [3.8, 4) is 0 Å². The number of carboxylic acids is 1. The summed E-state index contributed by atoms with van der Waals surface area (Å²) in [6, 6.07) is 4.12. The van der Waals surface area contributed by atoms with E-state index in [0.29, 0.717) is 18.4 Å². The zero-order chi connectivity index (χ0) is 16.2. The predicted octanol–water partition coefficient (Wildman–Crippen LogP) is 1.34. The first-order valence-corrected chi connectivity index (χ1v) is 8.14. The Labute approximate surface area is 125 Å². The van der Waals surface area contributed by atoms with E-state index in [1.54, 1.807) is 6.92 Å². The Morgan fingerprint density at radius 3 is 2.48 bits per heavy atom. The van der Waals surface area contributed by atoms with Gasteiger partial charge in [0.25, 0.3) is 0 Å². The third kappa shape index (κ3) is 4.26. The molecule has 0 bridgehead atoms. The lowest BCUT2D eigenvalue weighted by Crippen LogP contribution is -2.30. The Bertz CT molecular complexity index is 610. The summed E-state index contributed by atoms with van der Waals surface area (Å²) in [5.41, 5.74) is 0.513. The van der Waals surface area contributed by atoms with Gasteiger partial charge in [-0.1, -0.05) is 13.0 Å². The third-order valence-corrected chi connectivity index (χ3v) is 5.18. The number of aliphatic hydroxyl groups excluding tert-OH is 1. The zero-order valence-corrected chi connectivity index (χ0v) is 13.2. The first kappa shape index (κ1) is 17.6. The SMILES string of the molecule is CCc1ccc(C(=O)O)cc1S(=O)(=O)N(C)CCC(C)O. The van der Waals surface area contributed by atoms with Crippen LogP contribution in [0.2, 0.25) is 0 Å². The molecule has 7 heteroatoms. The summed E-state index contributed by atoms with van der Waals surface area (Å²) in [4.78, 5) is 11.0. The molecule has 1 atom stereocenters. The highest BCUT2D eigenvalue weighted by Gasteiger charge is 2.24. The van der Waals surface area contributed by atoms with Gasteiger partial charge in [0.05, 0.1) is 16.6 Å². The van der Waals surface area contributed by atoms with Crippen LogP contribution in [-0.4, -0.2) is 48.6 Å². The number of benzene rings is 1. The molecule has 1 rings (SSSR count). The van der Waals surface area contributed by atoms with Crippen molar-refractivity contribution in [1.29, 1.82) is 0 Å². The molecule has 0 amide bonds. The molecule has 1 aromatic carbocycles. The van der Waals surface area contributed by atoms with Crippen LogP contribution < -0.4 is 0 Å². The zero-order valence-electron chi connectivity index (χ0n) is 12.4. The highest BCUT2D eigenvalue weighted by molar-refractivity contribution is 7.89. The fraction of sp³-hybridized carbons (Fsp3) is 0.500. The standard InChI is InChI=1S/C14H21NO5S/c1-4-11-5-6-12(14(17)18)9-13(11)21(19,20)15(3)8-7-10(2)16/h5-6,9-10,16H,4,7-8H2,1-3H3,(H,17,18). The van der Waals surface area contributed by atoms with Crippen molar-refractivity contribution in [1.82, 2.24) is 4.31 Å². The number of nitrogens with zero attached hydrogens (tertiary/aromatic N) is 1. The van der Waals surface area contributed by atoms with Crippen LogP contribution in [0.25, 0.3) is 0 Å². The summed E-state index contributed by atoms with van der Waals surface area (Å²) >= 11 is 0. The van der Waals surface area contributed by atoms with Gasteiger partial charge in [-0.25, -0.2) is 17.5 Å². The van der Waals surface area contributed by atoms with Crippen LogP contribution in [0, 0.1) is 0 Å². The molecule has 0 aliphatic heterocycles. The van der Waals surface area contributed by atoms with Crippen LogP contribution in [-0.2, 0) is 16.4 Å². The molecule has 0 aliphatic carbocycles. The summed E-state index contributed by atoms with van der Waals surface area (Å²) in [5, 5.41) is 18.3. The van der Waals surface area contributed by atoms with Crippen molar-refractivity contribution in [2.75, 3.05) is 13.6 Å². The van der Waals surface area contributed by atoms with Gasteiger partial charge < -0.3 is 10.2 Å². The molecule has 0 radical (unpaired) electrons. The molecular weight excluding hydrogens is 294 g/mol. The van der Waals surface area contributed by atoms with Crippen molar-refractivity contribution < 1.29 is 23.4 Å². The molecule has 0 spiro atoms. The van der Waals surface area contributed by atoms with Gasteiger partial charge in [0, 0.05) is 13.6 Å². The Hall–Kier alpha value is -1.44. The number of carboxylic acid groups (broad SMARTS) is 1. The number of aryl methyl sites for hydroxylation is 1. The van der Waals surface area contributed by atoms with Gasteiger partial charge in [-0.05, 0) is 37.5 Å². The molecule has 0 aliphatic rings. The largest absolute Gasteiger partial charge is 0.478 e. The van der Waals surface area contributed by atoms with Crippen molar-refractivity contribution >= 4 is 16.0 Å². The van der Waals surface area contributed by atoms with E-state index in [9.17, 15) is 18.3 Å². The minimum Gasteiger partial charge on any atom is -0.478 e. The molecule has 0 saturated carbocycles. The summed E-state index contributed by atoms with van der Waals surface area (Å²) in [6.45, 7) is 3.56. The Morgan fingerprint density at radius 2 is 2.00 bits per heavy atom.